The third-order valence-electron chi connectivity index (χ3n) is 15.0. The number of anilines is 3. The van der Waals surface area contributed by atoms with E-state index in [2.05, 4.69) is 249 Å². The molecule has 3 heteroatoms. The van der Waals surface area contributed by atoms with E-state index >= 15 is 0 Å². The van der Waals surface area contributed by atoms with Gasteiger partial charge >= 0.3 is 0 Å². The zero-order valence-corrected chi connectivity index (χ0v) is 38.9. The monoisotopic (exact) mass is 875 g/mol. The number of para-hydroxylation sites is 2. The van der Waals surface area contributed by atoms with Gasteiger partial charge in [0.2, 0.25) is 0 Å². The second-order valence-corrected chi connectivity index (χ2v) is 19.0. The summed E-state index contributed by atoms with van der Waals surface area (Å²) in [6, 6.07) is 77.2. The Labute approximate surface area is 400 Å². The molecule has 1 spiro atoms. The van der Waals surface area contributed by atoms with E-state index in [1.54, 1.807) is 5.57 Å². The molecule has 0 saturated carbocycles. The van der Waals surface area contributed by atoms with Gasteiger partial charge in [-0.25, -0.2) is 4.99 Å². The van der Waals surface area contributed by atoms with Crippen LogP contribution in [-0.2, 0) is 5.41 Å². The highest BCUT2D eigenvalue weighted by Crippen LogP contribution is 2.67. The predicted molar refractivity (Wildman–Crippen MR) is 287 cm³/mol. The van der Waals surface area contributed by atoms with Crippen LogP contribution in [0.15, 0.2) is 236 Å². The van der Waals surface area contributed by atoms with Crippen molar-refractivity contribution in [1.82, 2.24) is 4.57 Å². The third-order valence-corrected chi connectivity index (χ3v) is 15.0. The summed E-state index contributed by atoms with van der Waals surface area (Å²) in [4.78, 5) is 8.00. The van der Waals surface area contributed by atoms with Gasteiger partial charge in [-0.15, -0.1) is 0 Å². The van der Waals surface area contributed by atoms with Gasteiger partial charge in [-0.1, -0.05) is 184 Å². The lowest BCUT2D eigenvalue weighted by Crippen LogP contribution is -2.30. The SMILES string of the molecule is C=C(/C=C(\N=C(/C)c1ccccc1)n1c2c(c3cc(-c4cccc(N(c5ccccc5)c5ccccc5)c4)ccc31)C1(C3=C(CC(C)C(C)C3)c3ccccc31)c1ccccc1-2)c1ccccc1. The Bertz CT molecular complexity index is 3460. The molecule has 68 heavy (non-hydrogen) atoms. The van der Waals surface area contributed by atoms with Crippen LogP contribution in [0.1, 0.15) is 67.0 Å². The molecule has 0 aliphatic heterocycles. The second-order valence-electron chi connectivity index (χ2n) is 19.0. The maximum absolute atomic E-state index is 5.65. The number of nitrogens with zero attached hydrogens (tertiary/aromatic N) is 3. The van der Waals surface area contributed by atoms with Gasteiger partial charge in [0.25, 0.3) is 0 Å². The first-order chi connectivity index (χ1) is 33.4. The van der Waals surface area contributed by atoms with Crippen LogP contribution in [-0.4, -0.2) is 10.3 Å². The van der Waals surface area contributed by atoms with Gasteiger partial charge in [0, 0.05) is 39.3 Å². The maximum atomic E-state index is 5.65. The average Bonchev–Trinajstić information content (AvgIpc) is 3.99. The molecular formula is C65H53N3. The fourth-order valence-corrected chi connectivity index (χ4v) is 11.6. The molecule has 3 aliphatic rings. The summed E-state index contributed by atoms with van der Waals surface area (Å²) in [5.74, 6) is 1.97. The molecule has 1 heterocycles. The van der Waals surface area contributed by atoms with Gasteiger partial charge in [-0.3, -0.25) is 4.57 Å². The highest BCUT2D eigenvalue weighted by Gasteiger charge is 2.56. The van der Waals surface area contributed by atoms with Crippen molar-refractivity contribution < 1.29 is 0 Å². The fourth-order valence-electron chi connectivity index (χ4n) is 11.6. The first-order valence-electron chi connectivity index (χ1n) is 24.1. The molecule has 0 bridgehead atoms. The van der Waals surface area contributed by atoms with Crippen molar-refractivity contribution in [3.8, 4) is 22.4 Å². The number of benzene rings is 8. The summed E-state index contributed by atoms with van der Waals surface area (Å²) in [5.41, 5.74) is 21.4. The molecule has 328 valence electrons. The van der Waals surface area contributed by atoms with E-state index < -0.39 is 5.41 Å². The molecule has 1 aromatic heterocycles. The van der Waals surface area contributed by atoms with Gasteiger partial charge in [0.15, 0.2) is 0 Å². The Morgan fingerprint density at radius 1 is 0.574 bits per heavy atom. The molecule has 0 fully saturated rings. The Balaban J connectivity index is 1.16. The van der Waals surface area contributed by atoms with E-state index in [9.17, 15) is 0 Å². The van der Waals surface area contributed by atoms with Crippen LogP contribution < -0.4 is 4.90 Å². The minimum Gasteiger partial charge on any atom is -0.310 e. The van der Waals surface area contributed by atoms with E-state index in [4.69, 9.17) is 11.6 Å². The summed E-state index contributed by atoms with van der Waals surface area (Å²) in [6.45, 7) is 11.7. The largest absolute Gasteiger partial charge is 0.310 e. The van der Waals surface area contributed by atoms with Gasteiger partial charge < -0.3 is 4.90 Å². The van der Waals surface area contributed by atoms with Crippen LogP contribution in [0, 0.1) is 11.8 Å². The van der Waals surface area contributed by atoms with E-state index in [1.165, 1.54) is 50.0 Å². The van der Waals surface area contributed by atoms with Crippen LogP contribution in [0.25, 0.3) is 50.3 Å². The Kier molecular flexibility index (Phi) is 10.2. The number of aromatic nitrogens is 1. The zero-order valence-electron chi connectivity index (χ0n) is 38.9. The van der Waals surface area contributed by atoms with Crippen LogP contribution in [0.3, 0.4) is 0 Å². The van der Waals surface area contributed by atoms with Gasteiger partial charge in [-0.05, 0) is 142 Å². The Hall–Kier alpha value is -8.01. The number of fused-ring (bicyclic) bond motifs is 11. The molecule has 0 amide bonds. The van der Waals surface area contributed by atoms with Crippen molar-refractivity contribution in [3.05, 3.63) is 264 Å². The van der Waals surface area contributed by atoms with E-state index in [0.717, 1.165) is 69.2 Å². The highest BCUT2D eigenvalue weighted by molar-refractivity contribution is 6.08. The summed E-state index contributed by atoms with van der Waals surface area (Å²) in [5, 5.41) is 1.24. The molecule has 8 aromatic carbocycles. The van der Waals surface area contributed by atoms with Gasteiger partial charge in [-0.2, -0.15) is 0 Å². The molecule has 3 unspecified atom stereocenters. The molecule has 0 N–H and O–H groups in total. The van der Waals surface area contributed by atoms with Crippen molar-refractivity contribution in [2.24, 2.45) is 16.8 Å². The fraction of sp³-hybridized carbons (Fsp3) is 0.123. The lowest BCUT2D eigenvalue weighted by atomic mass is 9.65. The van der Waals surface area contributed by atoms with E-state index in [1.807, 2.05) is 0 Å². The average molecular weight is 876 g/mol. The molecule has 0 saturated heterocycles. The second kappa shape index (κ2) is 16.7. The number of rotatable bonds is 9. The maximum Gasteiger partial charge on any atom is 0.138 e. The van der Waals surface area contributed by atoms with Crippen molar-refractivity contribution in [1.29, 1.82) is 0 Å². The Morgan fingerprint density at radius 2 is 1.12 bits per heavy atom. The van der Waals surface area contributed by atoms with E-state index in [-0.39, 0.29) is 0 Å². The summed E-state index contributed by atoms with van der Waals surface area (Å²) in [6.07, 6.45) is 4.32. The molecule has 3 aliphatic carbocycles. The van der Waals surface area contributed by atoms with Gasteiger partial charge in [0.1, 0.15) is 5.82 Å². The summed E-state index contributed by atoms with van der Waals surface area (Å²) < 4.78 is 2.47. The number of hydrogen-bond donors (Lipinski definition) is 0. The minimum absolute atomic E-state index is 0.479. The number of aliphatic imine (C=N–C) groups is 1. The number of allylic oxidation sites excluding steroid dienone is 4. The van der Waals surface area contributed by atoms with Crippen molar-refractivity contribution in [3.63, 3.8) is 0 Å². The molecule has 12 rings (SSSR count). The normalized spacial score (nSPS) is 18.3. The number of hydrogen-bond acceptors (Lipinski definition) is 2. The standard InChI is InChI=1S/C65H53N3/c1-43-38-56-54-32-17-19-34-58(54)65(60(56)39-44(43)2)59-35-20-18-33-55(59)64-63(65)57-42-50(49-26-21-31-53(41-49)67(51-27-13-7-14-28-51)52-29-15-8-16-30-52)36-37-61(57)68(64)62(40-45(3)47-22-9-5-10-23-47)66-46(4)48-24-11-6-12-25-48/h5-37,40-44H,3,38-39H2,1-2,4H3/b62-40+,66-46+. The van der Waals surface area contributed by atoms with Crippen molar-refractivity contribution >= 4 is 50.6 Å². The van der Waals surface area contributed by atoms with Crippen LogP contribution in [0.5, 0.6) is 0 Å². The van der Waals surface area contributed by atoms with Crippen molar-refractivity contribution in [2.75, 3.05) is 4.90 Å². The quantitative estimate of drug-likeness (QED) is 0.105. The lowest BCUT2D eigenvalue weighted by molar-refractivity contribution is 0.367. The van der Waals surface area contributed by atoms with Crippen LogP contribution in [0.2, 0.25) is 0 Å². The third kappa shape index (κ3) is 6.60. The van der Waals surface area contributed by atoms with Crippen LogP contribution in [0.4, 0.5) is 17.1 Å². The Morgan fingerprint density at radius 3 is 1.79 bits per heavy atom. The molecule has 3 nitrogen and oxygen atoms in total. The van der Waals surface area contributed by atoms with Crippen molar-refractivity contribution in [2.45, 2.75) is 39.0 Å². The minimum atomic E-state index is -0.479. The smallest absolute Gasteiger partial charge is 0.138 e. The van der Waals surface area contributed by atoms with Gasteiger partial charge in [0.05, 0.1) is 16.6 Å². The molecular weight excluding hydrogens is 823 g/mol. The zero-order chi connectivity index (χ0) is 45.9. The highest BCUT2D eigenvalue weighted by atomic mass is 15.1. The molecule has 3 atom stereocenters. The predicted octanol–water partition coefficient (Wildman–Crippen LogP) is 16.9. The summed E-state index contributed by atoms with van der Waals surface area (Å²) in [7, 11) is 0. The van der Waals surface area contributed by atoms with Crippen LogP contribution >= 0.6 is 0 Å². The first kappa shape index (κ1) is 41.4. The molecule has 9 aromatic rings. The van der Waals surface area contributed by atoms with E-state index in [0.29, 0.717) is 11.8 Å². The topological polar surface area (TPSA) is 20.5 Å². The lowest BCUT2D eigenvalue weighted by Gasteiger charge is -2.37. The summed E-state index contributed by atoms with van der Waals surface area (Å²) >= 11 is 0. The molecule has 0 radical (unpaired) electrons. The first-order valence-corrected chi connectivity index (χ1v) is 24.1.